The Morgan fingerprint density at radius 3 is 2.57 bits per heavy atom. The third kappa shape index (κ3) is 3.47. The summed E-state index contributed by atoms with van der Waals surface area (Å²) < 4.78 is 38.3. The smallest absolute Gasteiger partial charge is 0.398 e. The predicted molar refractivity (Wildman–Crippen MR) is 71.6 cm³/mol. The van der Waals surface area contributed by atoms with Gasteiger partial charge in [0.15, 0.2) is 0 Å². The molecule has 2 atom stereocenters. The second-order valence-electron chi connectivity index (χ2n) is 5.20. The molecule has 0 saturated heterocycles. The summed E-state index contributed by atoms with van der Waals surface area (Å²) in [7, 11) is 0. The molecular formula is C14H17F3N2O2. The second kappa shape index (κ2) is 5.93. The Labute approximate surface area is 120 Å². The Morgan fingerprint density at radius 1 is 1.29 bits per heavy atom. The zero-order chi connectivity index (χ0) is 15.6. The Hall–Kier alpha value is -1.76. The van der Waals surface area contributed by atoms with E-state index in [1.165, 1.54) is 6.07 Å². The maximum atomic E-state index is 12.8. The summed E-state index contributed by atoms with van der Waals surface area (Å²) in [6, 6.07) is 2.78. The number of para-hydroxylation sites is 1. The van der Waals surface area contributed by atoms with Crippen LogP contribution in [-0.4, -0.2) is 23.2 Å². The summed E-state index contributed by atoms with van der Waals surface area (Å²) >= 11 is 0. The number of nitrogen functional groups attached to an aromatic ring is 1. The number of carbonyl (C=O) groups is 1. The number of halogens is 3. The van der Waals surface area contributed by atoms with Gasteiger partial charge in [-0.15, -0.1) is 0 Å². The molecule has 0 heterocycles. The minimum absolute atomic E-state index is 0.220. The summed E-state index contributed by atoms with van der Waals surface area (Å²) in [5, 5.41) is 12.4. The average Bonchev–Trinajstić information content (AvgIpc) is 2.40. The van der Waals surface area contributed by atoms with E-state index in [4.69, 9.17) is 5.73 Å². The Morgan fingerprint density at radius 2 is 1.95 bits per heavy atom. The van der Waals surface area contributed by atoms with Crippen molar-refractivity contribution in [2.75, 3.05) is 5.73 Å². The average molecular weight is 302 g/mol. The molecule has 116 valence electrons. The van der Waals surface area contributed by atoms with Crippen molar-refractivity contribution in [1.82, 2.24) is 5.32 Å². The van der Waals surface area contributed by atoms with Crippen LogP contribution in [0.1, 0.15) is 41.6 Å². The molecule has 1 aromatic rings. The second-order valence-corrected chi connectivity index (χ2v) is 5.20. The van der Waals surface area contributed by atoms with Gasteiger partial charge in [0, 0.05) is 0 Å². The highest BCUT2D eigenvalue weighted by atomic mass is 19.4. The van der Waals surface area contributed by atoms with Crippen molar-refractivity contribution in [3.05, 3.63) is 29.3 Å². The molecule has 7 heteroatoms. The largest absolute Gasteiger partial charge is 0.418 e. The van der Waals surface area contributed by atoms with Gasteiger partial charge in [-0.05, 0) is 25.0 Å². The van der Waals surface area contributed by atoms with Gasteiger partial charge in [0.1, 0.15) is 0 Å². The van der Waals surface area contributed by atoms with E-state index >= 15 is 0 Å². The van der Waals surface area contributed by atoms with E-state index in [1.807, 2.05) is 0 Å². The highest BCUT2D eigenvalue weighted by molar-refractivity contribution is 6.00. The molecule has 1 aliphatic carbocycles. The first-order valence-corrected chi connectivity index (χ1v) is 6.75. The first-order valence-electron chi connectivity index (χ1n) is 6.75. The number of anilines is 1. The maximum Gasteiger partial charge on any atom is 0.418 e. The van der Waals surface area contributed by atoms with Crippen LogP contribution in [0.2, 0.25) is 0 Å². The standard InChI is InChI=1S/C14H17F3N2O2/c15-14(16,17)9-5-3-4-8(12(9)18)13(21)19-10-6-1-2-7-11(10)20/h3-5,10-11,20H,1-2,6-7,18H2,(H,19,21). The maximum absolute atomic E-state index is 12.8. The fraction of sp³-hybridized carbons (Fsp3) is 0.500. The van der Waals surface area contributed by atoms with Gasteiger partial charge in [0.25, 0.3) is 5.91 Å². The third-order valence-electron chi connectivity index (χ3n) is 3.70. The highest BCUT2D eigenvalue weighted by Crippen LogP contribution is 2.35. The highest BCUT2D eigenvalue weighted by Gasteiger charge is 2.34. The summed E-state index contributed by atoms with van der Waals surface area (Å²) in [6.45, 7) is 0. The topological polar surface area (TPSA) is 75.4 Å². The van der Waals surface area contributed by atoms with Crippen LogP contribution in [-0.2, 0) is 6.18 Å². The van der Waals surface area contributed by atoms with E-state index in [-0.39, 0.29) is 5.56 Å². The van der Waals surface area contributed by atoms with Gasteiger partial charge in [0.05, 0.1) is 29.0 Å². The summed E-state index contributed by atoms with van der Waals surface area (Å²) in [5.41, 5.74) is 3.63. The van der Waals surface area contributed by atoms with E-state index in [0.717, 1.165) is 25.0 Å². The van der Waals surface area contributed by atoms with Crippen LogP contribution in [0.15, 0.2) is 18.2 Å². The fourth-order valence-electron chi connectivity index (χ4n) is 2.54. The van der Waals surface area contributed by atoms with Crippen molar-refractivity contribution in [2.45, 2.75) is 44.0 Å². The minimum atomic E-state index is -4.61. The molecule has 1 amide bonds. The Kier molecular flexibility index (Phi) is 4.41. The van der Waals surface area contributed by atoms with Crippen molar-refractivity contribution in [3.8, 4) is 0 Å². The molecule has 1 saturated carbocycles. The van der Waals surface area contributed by atoms with Crippen LogP contribution in [0.5, 0.6) is 0 Å². The van der Waals surface area contributed by atoms with Gasteiger partial charge in [-0.3, -0.25) is 4.79 Å². The molecule has 1 aromatic carbocycles. The zero-order valence-electron chi connectivity index (χ0n) is 11.3. The fourth-order valence-corrected chi connectivity index (χ4v) is 2.54. The first-order chi connectivity index (χ1) is 9.80. The van der Waals surface area contributed by atoms with Gasteiger partial charge in [0.2, 0.25) is 0 Å². The van der Waals surface area contributed by atoms with E-state index in [9.17, 15) is 23.1 Å². The SMILES string of the molecule is Nc1c(C(=O)NC2CCCCC2O)cccc1C(F)(F)F. The number of amides is 1. The molecule has 2 rings (SSSR count). The first kappa shape index (κ1) is 15.6. The monoisotopic (exact) mass is 302 g/mol. The minimum Gasteiger partial charge on any atom is -0.398 e. The molecule has 0 spiro atoms. The van der Waals surface area contributed by atoms with Gasteiger partial charge < -0.3 is 16.2 Å². The number of benzene rings is 1. The van der Waals surface area contributed by atoms with Gasteiger partial charge in [-0.25, -0.2) is 0 Å². The van der Waals surface area contributed by atoms with Gasteiger partial charge in [-0.1, -0.05) is 18.9 Å². The molecule has 1 aliphatic rings. The molecule has 4 nitrogen and oxygen atoms in total. The Bertz CT molecular complexity index is 531. The lowest BCUT2D eigenvalue weighted by molar-refractivity contribution is -0.136. The number of hydrogen-bond donors (Lipinski definition) is 3. The molecule has 4 N–H and O–H groups in total. The van der Waals surface area contributed by atoms with Crippen molar-refractivity contribution >= 4 is 11.6 Å². The Balaban J connectivity index is 2.20. The number of carbonyl (C=O) groups excluding carboxylic acids is 1. The molecular weight excluding hydrogens is 285 g/mol. The number of aliphatic hydroxyl groups excluding tert-OH is 1. The van der Waals surface area contributed by atoms with E-state index < -0.39 is 35.5 Å². The van der Waals surface area contributed by atoms with Crippen LogP contribution in [0.3, 0.4) is 0 Å². The van der Waals surface area contributed by atoms with Crippen molar-refractivity contribution in [2.24, 2.45) is 0 Å². The van der Waals surface area contributed by atoms with Gasteiger partial charge in [-0.2, -0.15) is 13.2 Å². The lowest BCUT2D eigenvalue weighted by Gasteiger charge is -2.28. The molecule has 1 fully saturated rings. The molecule has 21 heavy (non-hydrogen) atoms. The van der Waals surface area contributed by atoms with E-state index in [0.29, 0.717) is 12.8 Å². The number of hydrogen-bond acceptors (Lipinski definition) is 3. The van der Waals surface area contributed by atoms with E-state index in [1.54, 1.807) is 0 Å². The predicted octanol–water partition coefficient (Wildman–Crippen LogP) is 2.32. The van der Waals surface area contributed by atoms with Crippen LogP contribution in [0.25, 0.3) is 0 Å². The molecule has 0 radical (unpaired) electrons. The van der Waals surface area contributed by atoms with Gasteiger partial charge >= 0.3 is 6.18 Å². The van der Waals surface area contributed by atoms with Crippen LogP contribution < -0.4 is 11.1 Å². The van der Waals surface area contributed by atoms with Crippen LogP contribution in [0.4, 0.5) is 18.9 Å². The lowest BCUT2D eigenvalue weighted by Crippen LogP contribution is -2.45. The van der Waals surface area contributed by atoms with Crippen molar-refractivity contribution in [3.63, 3.8) is 0 Å². The van der Waals surface area contributed by atoms with Crippen molar-refractivity contribution in [1.29, 1.82) is 0 Å². The summed E-state index contributed by atoms with van der Waals surface area (Å²) in [4.78, 5) is 12.1. The molecule has 0 aliphatic heterocycles. The van der Waals surface area contributed by atoms with Crippen LogP contribution in [0, 0.1) is 0 Å². The number of alkyl halides is 3. The van der Waals surface area contributed by atoms with Crippen LogP contribution >= 0.6 is 0 Å². The number of aliphatic hydroxyl groups is 1. The molecule has 0 bridgehead atoms. The normalized spacial score (nSPS) is 22.9. The molecule has 0 aromatic heterocycles. The number of nitrogens with two attached hydrogens (primary N) is 1. The third-order valence-corrected chi connectivity index (χ3v) is 3.70. The molecule has 2 unspecified atom stereocenters. The number of nitrogens with one attached hydrogen (secondary N) is 1. The number of rotatable bonds is 2. The van der Waals surface area contributed by atoms with Crippen molar-refractivity contribution < 1.29 is 23.1 Å². The lowest BCUT2D eigenvalue weighted by atomic mass is 9.92. The summed E-state index contributed by atoms with van der Waals surface area (Å²) in [5.74, 6) is -0.690. The quantitative estimate of drug-likeness (QED) is 0.734. The summed E-state index contributed by atoms with van der Waals surface area (Å²) in [6.07, 6.45) is -2.37. The zero-order valence-corrected chi connectivity index (χ0v) is 11.3. The van der Waals surface area contributed by atoms with E-state index in [2.05, 4.69) is 5.32 Å².